The van der Waals surface area contributed by atoms with E-state index in [1.165, 1.54) is 15.9 Å². The molecular formula is C27H25F3N2O2S. The number of fused-ring (bicyclic) bond motifs is 1. The molecule has 0 N–H and O–H groups in total. The minimum atomic E-state index is -4.49. The second-order valence-electron chi connectivity index (χ2n) is 8.44. The first-order valence-electron chi connectivity index (χ1n) is 11.2. The van der Waals surface area contributed by atoms with Crippen molar-refractivity contribution in [3.8, 4) is 0 Å². The lowest BCUT2D eigenvalue weighted by molar-refractivity contribution is -0.137. The second kappa shape index (κ2) is 10.1. The van der Waals surface area contributed by atoms with E-state index in [1.54, 1.807) is 16.2 Å². The van der Waals surface area contributed by atoms with Crippen LogP contribution in [0.3, 0.4) is 0 Å². The summed E-state index contributed by atoms with van der Waals surface area (Å²) in [6.45, 7) is 6.09. The lowest BCUT2D eigenvalue weighted by Crippen LogP contribution is -2.47. The van der Waals surface area contributed by atoms with E-state index in [0.717, 1.165) is 47.4 Å². The largest absolute Gasteiger partial charge is 0.416 e. The van der Waals surface area contributed by atoms with Gasteiger partial charge in [-0.15, -0.1) is 17.9 Å². The lowest BCUT2D eigenvalue weighted by Gasteiger charge is -2.38. The minimum Gasteiger partial charge on any atom is -0.330 e. The third-order valence-corrected chi connectivity index (χ3v) is 7.19. The number of nitrogens with zero attached hydrogens (tertiary/aromatic N) is 2. The number of carbonyl (C=O) groups excluding carboxylic acids is 2. The number of benzene rings is 2. The summed E-state index contributed by atoms with van der Waals surface area (Å²) < 4.78 is 38.7. The van der Waals surface area contributed by atoms with Gasteiger partial charge in [-0.1, -0.05) is 30.3 Å². The van der Waals surface area contributed by atoms with Crippen molar-refractivity contribution >= 4 is 23.2 Å². The van der Waals surface area contributed by atoms with Crippen LogP contribution in [0.5, 0.6) is 0 Å². The summed E-state index contributed by atoms with van der Waals surface area (Å²) in [4.78, 5) is 31.0. The molecule has 0 bridgehead atoms. The maximum atomic E-state index is 13.6. The Morgan fingerprint density at radius 2 is 1.83 bits per heavy atom. The van der Waals surface area contributed by atoms with E-state index in [1.807, 2.05) is 42.6 Å². The zero-order valence-electron chi connectivity index (χ0n) is 19.2. The Labute approximate surface area is 206 Å². The number of aryl methyl sites for hydroxylation is 1. The van der Waals surface area contributed by atoms with Crippen molar-refractivity contribution in [2.75, 3.05) is 19.6 Å². The summed E-state index contributed by atoms with van der Waals surface area (Å²) in [6, 6.07) is 13.7. The Hall–Kier alpha value is -3.39. The van der Waals surface area contributed by atoms with Crippen molar-refractivity contribution in [2.45, 2.75) is 25.6 Å². The van der Waals surface area contributed by atoms with Gasteiger partial charge in [0.1, 0.15) is 6.54 Å². The molecular weight excluding hydrogens is 473 g/mol. The van der Waals surface area contributed by atoms with Crippen LogP contribution in [0.15, 0.2) is 72.6 Å². The molecule has 2 aromatic carbocycles. The summed E-state index contributed by atoms with van der Waals surface area (Å²) in [5.41, 5.74) is 2.44. The fourth-order valence-corrected chi connectivity index (χ4v) is 5.33. The van der Waals surface area contributed by atoms with E-state index in [0.29, 0.717) is 6.54 Å². The van der Waals surface area contributed by atoms with Crippen LogP contribution in [0, 0.1) is 6.92 Å². The highest BCUT2D eigenvalue weighted by Gasteiger charge is 2.35. The Morgan fingerprint density at radius 1 is 1.11 bits per heavy atom. The second-order valence-corrected chi connectivity index (χ2v) is 9.45. The number of hydrogen-bond acceptors (Lipinski definition) is 3. The molecule has 2 amide bonds. The van der Waals surface area contributed by atoms with Crippen LogP contribution in [0.4, 0.5) is 13.2 Å². The average molecular weight is 499 g/mol. The van der Waals surface area contributed by atoms with Crippen molar-refractivity contribution < 1.29 is 22.8 Å². The van der Waals surface area contributed by atoms with E-state index < -0.39 is 17.6 Å². The highest BCUT2D eigenvalue weighted by Crippen LogP contribution is 2.39. The van der Waals surface area contributed by atoms with Gasteiger partial charge in [0.15, 0.2) is 0 Å². The number of halogens is 3. The zero-order chi connectivity index (χ0) is 25.2. The van der Waals surface area contributed by atoms with Crippen molar-refractivity contribution in [1.82, 2.24) is 9.80 Å². The van der Waals surface area contributed by atoms with E-state index >= 15 is 0 Å². The Balaban J connectivity index is 1.60. The van der Waals surface area contributed by atoms with Crippen LogP contribution in [-0.2, 0) is 17.4 Å². The minimum absolute atomic E-state index is 0.0851. The van der Waals surface area contributed by atoms with Gasteiger partial charge in [-0.25, -0.2) is 0 Å². The van der Waals surface area contributed by atoms with Gasteiger partial charge in [0.2, 0.25) is 5.91 Å². The topological polar surface area (TPSA) is 40.6 Å². The number of hydrogen-bond donors (Lipinski definition) is 0. The maximum Gasteiger partial charge on any atom is 0.416 e. The van der Waals surface area contributed by atoms with Crippen molar-refractivity contribution in [2.24, 2.45) is 0 Å². The van der Waals surface area contributed by atoms with Crippen LogP contribution in [0.25, 0.3) is 0 Å². The third kappa shape index (κ3) is 5.17. The molecule has 2 heterocycles. The average Bonchev–Trinajstić information content (AvgIpc) is 3.32. The Morgan fingerprint density at radius 3 is 2.49 bits per heavy atom. The molecule has 3 aromatic rings. The molecule has 4 nitrogen and oxygen atoms in total. The van der Waals surface area contributed by atoms with Crippen LogP contribution < -0.4 is 0 Å². The molecule has 35 heavy (non-hydrogen) atoms. The molecule has 0 unspecified atom stereocenters. The fraction of sp³-hybridized carbons (Fsp3) is 0.259. The molecule has 0 fully saturated rings. The molecule has 0 spiro atoms. The normalized spacial score (nSPS) is 15.4. The first-order chi connectivity index (χ1) is 16.7. The predicted octanol–water partition coefficient (Wildman–Crippen LogP) is 5.88. The van der Waals surface area contributed by atoms with E-state index in [9.17, 15) is 22.8 Å². The van der Waals surface area contributed by atoms with E-state index in [2.05, 4.69) is 6.58 Å². The van der Waals surface area contributed by atoms with Gasteiger partial charge in [0.25, 0.3) is 5.91 Å². The standard InChI is InChI=1S/C27H25F3N2O2S/c1-3-14-31(26(34)19-8-10-20(11-9-19)27(28,29)30)17-24(33)32-15-12-23-22(13-16-35-23)25(32)21-7-5-4-6-18(21)2/h3-11,13,16,25H,1,12,14-15,17H2,2H3/t25-/m1/s1. The first kappa shape index (κ1) is 24.7. The monoisotopic (exact) mass is 498 g/mol. The molecule has 1 atom stereocenters. The van der Waals surface area contributed by atoms with Crippen molar-refractivity contribution in [1.29, 1.82) is 0 Å². The van der Waals surface area contributed by atoms with Crippen LogP contribution in [-0.4, -0.2) is 41.2 Å². The summed E-state index contributed by atoms with van der Waals surface area (Å²) in [5.74, 6) is -0.745. The molecule has 0 saturated carbocycles. The highest BCUT2D eigenvalue weighted by atomic mass is 32.1. The number of rotatable bonds is 6. The number of amides is 2. The smallest absolute Gasteiger partial charge is 0.330 e. The molecule has 8 heteroatoms. The van der Waals surface area contributed by atoms with Gasteiger partial charge in [0, 0.05) is 23.5 Å². The molecule has 1 aliphatic rings. The molecule has 182 valence electrons. The lowest BCUT2D eigenvalue weighted by atomic mass is 9.90. The molecule has 0 aliphatic carbocycles. The first-order valence-corrected chi connectivity index (χ1v) is 12.1. The number of carbonyl (C=O) groups is 2. The molecule has 4 rings (SSSR count). The zero-order valence-corrected chi connectivity index (χ0v) is 20.0. The van der Waals surface area contributed by atoms with Crippen molar-refractivity contribution in [3.63, 3.8) is 0 Å². The summed E-state index contributed by atoms with van der Waals surface area (Å²) in [5, 5.41) is 2.03. The molecule has 1 aromatic heterocycles. The van der Waals surface area contributed by atoms with Gasteiger partial charge in [-0.2, -0.15) is 13.2 Å². The number of thiophene rings is 1. The Bertz CT molecular complexity index is 1230. The predicted molar refractivity (Wildman–Crippen MR) is 130 cm³/mol. The molecule has 0 radical (unpaired) electrons. The van der Waals surface area contributed by atoms with Crippen LogP contribution >= 0.6 is 11.3 Å². The van der Waals surface area contributed by atoms with Gasteiger partial charge in [-0.3, -0.25) is 9.59 Å². The SMILES string of the molecule is C=CCN(CC(=O)N1CCc2sccc2[C@H]1c1ccccc1C)C(=O)c1ccc(C(F)(F)F)cc1. The highest BCUT2D eigenvalue weighted by molar-refractivity contribution is 7.10. The van der Waals surface area contributed by atoms with E-state index in [4.69, 9.17) is 0 Å². The maximum absolute atomic E-state index is 13.6. The van der Waals surface area contributed by atoms with Crippen LogP contribution in [0.2, 0.25) is 0 Å². The Kier molecular flexibility index (Phi) is 7.12. The van der Waals surface area contributed by atoms with Crippen LogP contribution in [0.1, 0.15) is 43.5 Å². The van der Waals surface area contributed by atoms with Gasteiger partial charge >= 0.3 is 6.18 Å². The van der Waals surface area contributed by atoms with Gasteiger partial charge in [-0.05, 0) is 65.7 Å². The summed E-state index contributed by atoms with van der Waals surface area (Å²) >= 11 is 1.67. The summed E-state index contributed by atoms with van der Waals surface area (Å²) in [6.07, 6.45) is -2.26. The van der Waals surface area contributed by atoms with E-state index in [-0.39, 0.29) is 30.6 Å². The fourth-order valence-electron chi connectivity index (χ4n) is 4.43. The quantitative estimate of drug-likeness (QED) is 0.399. The summed E-state index contributed by atoms with van der Waals surface area (Å²) in [7, 11) is 0. The van der Waals surface area contributed by atoms with Crippen molar-refractivity contribution in [3.05, 3.63) is 105 Å². The third-order valence-electron chi connectivity index (χ3n) is 6.19. The number of alkyl halides is 3. The molecule has 0 saturated heterocycles. The molecule has 1 aliphatic heterocycles. The van der Waals surface area contributed by atoms with Gasteiger partial charge < -0.3 is 9.80 Å². The van der Waals surface area contributed by atoms with Gasteiger partial charge in [0.05, 0.1) is 11.6 Å².